The second-order valence-electron chi connectivity index (χ2n) is 2.14. The fraction of sp³-hybridized carbons (Fsp3) is 0.250. The van der Waals surface area contributed by atoms with Crippen LogP contribution in [0.1, 0.15) is 13.8 Å². The first-order valence-electron chi connectivity index (χ1n) is 3.02. The molecule has 0 fully saturated rings. The monoisotopic (exact) mass is 278 g/mol. The van der Waals surface area contributed by atoms with Crippen molar-refractivity contribution in [1.29, 1.82) is 0 Å². The van der Waals surface area contributed by atoms with Crippen molar-refractivity contribution in [3.63, 3.8) is 0 Å². The number of carboxylic acid groups (broad SMARTS) is 2. The van der Waals surface area contributed by atoms with Crippen LogP contribution >= 0.6 is 0 Å². The van der Waals surface area contributed by atoms with Crippen molar-refractivity contribution in [2.45, 2.75) is 13.8 Å². The van der Waals surface area contributed by atoms with E-state index in [1.165, 1.54) is 13.8 Å². The first-order chi connectivity index (χ1) is 5.29. The molecule has 2 N–H and O–H groups in total. The van der Waals surface area contributed by atoms with Crippen LogP contribution in [0.15, 0.2) is 24.3 Å². The van der Waals surface area contributed by atoms with Crippen LogP contribution < -0.4 is 10.2 Å². The van der Waals surface area contributed by atoms with Gasteiger partial charge in [0.05, 0.1) is 11.9 Å². The summed E-state index contributed by atoms with van der Waals surface area (Å²) in [6, 6.07) is 0. The Hall–Kier alpha value is -0.737. The summed E-state index contributed by atoms with van der Waals surface area (Å²) in [5.74, 6) is -2.37. The van der Waals surface area contributed by atoms with Gasteiger partial charge in [-0.15, -0.1) is 0 Å². The number of carbonyl (C=O) groups is 2. The predicted molar refractivity (Wildman–Crippen MR) is 43.3 cm³/mol. The van der Waals surface area contributed by atoms with Gasteiger partial charge in [0.15, 0.2) is 0 Å². The van der Waals surface area contributed by atoms with Crippen LogP contribution in [0.25, 0.3) is 0 Å². The molecule has 5 nitrogen and oxygen atoms in total. The normalized spacial score (nSPS) is 6.43. The van der Waals surface area contributed by atoms with Gasteiger partial charge in [-0.05, 0) is 25.0 Å². The maximum absolute atomic E-state index is 9.49. The fourth-order valence-electron chi connectivity index (χ4n) is 0. The number of hydrogen-bond donors (Lipinski definition) is 0. The van der Waals surface area contributed by atoms with Crippen molar-refractivity contribution in [1.82, 2.24) is 0 Å². The number of carboxylic acids is 2. The molecule has 0 amide bonds. The predicted octanol–water partition coefficient (Wildman–Crippen LogP) is -2.20. The van der Waals surface area contributed by atoms with Crippen molar-refractivity contribution in [2.24, 2.45) is 0 Å². The number of hydrogen-bond acceptors (Lipinski definition) is 4. The minimum absolute atomic E-state index is 0. The van der Waals surface area contributed by atoms with Crippen molar-refractivity contribution < 1.29 is 51.5 Å². The van der Waals surface area contributed by atoms with E-state index in [9.17, 15) is 19.8 Å². The molecular weight excluding hydrogens is 267 g/mol. The second-order valence-corrected chi connectivity index (χ2v) is 2.14. The molecule has 14 heavy (non-hydrogen) atoms. The zero-order valence-electron chi connectivity index (χ0n) is 8.05. The zero-order chi connectivity index (χ0) is 10.3. The van der Waals surface area contributed by atoms with Gasteiger partial charge in [-0.25, -0.2) is 0 Å². The summed E-state index contributed by atoms with van der Waals surface area (Å²) >= 11 is 0. The minimum atomic E-state index is -1.19. The number of rotatable bonds is 2. The Bertz CT molecular complexity index is 174. The molecule has 0 rings (SSSR count). The van der Waals surface area contributed by atoms with E-state index in [0.29, 0.717) is 0 Å². The van der Waals surface area contributed by atoms with E-state index in [4.69, 9.17) is 0 Å². The van der Waals surface area contributed by atoms with Gasteiger partial charge in [0.2, 0.25) is 0 Å². The molecular formula is C8H12O5Zr. The van der Waals surface area contributed by atoms with E-state index in [1.54, 1.807) is 0 Å². The molecule has 6 heteroatoms. The Morgan fingerprint density at radius 3 is 1.00 bits per heavy atom. The van der Waals surface area contributed by atoms with Crippen molar-refractivity contribution in [3.8, 4) is 0 Å². The Morgan fingerprint density at radius 2 is 1.00 bits per heavy atom. The van der Waals surface area contributed by atoms with Gasteiger partial charge in [-0.2, -0.15) is 0 Å². The molecule has 78 valence electrons. The molecule has 0 saturated heterocycles. The van der Waals surface area contributed by atoms with E-state index in [-0.39, 0.29) is 42.8 Å². The zero-order valence-corrected chi connectivity index (χ0v) is 10.5. The first-order valence-corrected chi connectivity index (χ1v) is 3.02. The van der Waals surface area contributed by atoms with Gasteiger partial charge in [0.25, 0.3) is 0 Å². The molecule has 0 unspecified atom stereocenters. The maximum Gasteiger partial charge on any atom is 2.00 e. The molecule has 0 bridgehead atoms. The van der Waals surface area contributed by atoms with Crippen molar-refractivity contribution in [3.05, 3.63) is 24.3 Å². The van der Waals surface area contributed by atoms with E-state index in [1.807, 2.05) is 0 Å². The average molecular weight is 279 g/mol. The third-order valence-corrected chi connectivity index (χ3v) is 0.697. The number of aliphatic carboxylic acids is 2. The van der Waals surface area contributed by atoms with E-state index in [0.717, 1.165) is 0 Å². The third-order valence-electron chi connectivity index (χ3n) is 0.697. The van der Waals surface area contributed by atoms with Crippen molar-refractivity contribution in [2.75, 3.05) is 0 Å². The topological polar surface area (TPSA) is 112 Å². The Morgan fingerprint density at radius 1 is 0.929 bits per heavy atom. The fourth-order valence-corrected chi connectivity index (χ4v) is 0. The Labute approximate surface area is 102 Å². The van der Waals surface area contributed by atoms with Gasteiger partial charge < -0.3 is 25.3 Å². The van der Waals surface area contributed by atoms with E-state index >= 15 is 0 Å². The van der Waals surface area contributed by atoms with Gasteiger partial charge in [0.1, 0.15) is 0 Å². The largest absolute Gasteiger partial charge is 2.00 e. The third kappa shape index (κ3) is 22.5. The summed E-state index contributed by atoms with van der Waals surface area (Å²) in [7, 11) is 0. The second kappa shape index (κ2) is 12.3. The Kier molecular flexibility index (Phi) is 20.4. The molecule has 0 atom stereocenters. The summed E-state index contributed by atoms with van der Waals surface area (Å²) in [6.45, 7) is 8.95. The molecule has 0 radical (unpaired) electrons. The van der Waals surface area contributed by atoms with Crippen LogP contribution in [0.3, 0.4) is 0 Å². The van der Waals surface area contributed by atoms with Gasteiger partial charge in [0, 0.05) is 0 Å². The minimum Gasteiger partial charge on any atom is -0.545 e. The van der Waals surface area contributed by atoms with Crippen LogP contribution in [0.5, 0.6) is 0 Å². The van der Waals surface area contributed by atoms with Crippen LogP contribution in [0.2, 0.25) is 0 Å². The van der Waals surface area contributed by atoms with E-state index < -0.39 is 11.9 Å². The summed E-state index contributed by atoms with van der Waals surface area (Å²) in [6.07, 6.45) is 0. The molecule has 0 aliphatic rings. The molecule has 0 saturated carbocycles. The SMILES string of the molecule is C=C(C)C(=O)[O-].C=C(C)C(=O)[O-].O.[Zr+2]. The average Bonchev–Trinajstić information content (AvgIpc) is 1.88. The first kappa shape index (κ1) is 23.2. The van der Waals surface area contributed by atoms with Gasteiger partial charge in [-0.3, -0.25) is 0 Å². The van der Waals surface area contributed by atoms with Crippen LogP contribution in [-0.4, -0.2) is 17.4 Å². The Balaban J connectivity index is -0.0000000625. The number of carbonyl (C=O) groups excluding carboxylic acids is 2. The molecule has 0 heterocycles. The van der Waals surface area contributed by atoms with Gasteiger partial charge in [-0.1, -0.05) is 13.2 Å². The summed E-state index contributed by atoms with van der Waals surface area (Å²) in [5.41, 5.74) is 0.130. The quantitative estimate of drug-likeness (QED) is 0.534. The van der Waals surface area contributed by atoms with Crippen LogP contribution in [0.4, 0.5) is 0 Å². The summed E-state index contributed by atoms with van der Waals surface area (Å²) in [4.78, 5) is 19.0. The molecule has 0 aromatic carbocycles. The molecule has 0 aromatic heterocycles. The molecule has 0 spiro atoms. The maximum atomic E-state index is 9.49. The van der Waals surface area contributed by atoms with Crippen molar-refractivity contribution >= 4 is 11.9 Å². The molecule has 0 aromatic rings. The van der Waals surface area contributed by atoms with Crippen LogP contribution in [0, 0.1) is 0 Å². The standard InChI is InChI=1S/2C4H6O2.H2O.Zr/c2*1-3(2)4(5)6;;/h2*1H2,2H3,(H,5,6);1H2;/q;;;+2/p-2. The smallest absolute Gasteiger partial charge is 0.545 e. The summed E-state index contributed by atoms with van der Waals surface area (Å²) < 4.78 is 0. The summed E-state index contributed by atoms with van der Waals surface area (Å²) in [5, 5.41) is 19.0. The molecule has 0 aliphatic carbocycles. The van der Waals surface area contributed by atoms with E-state index in [2.05, 4.69) is 13.2 Å². The van der Waals surface area contributed by atoms with Gasteiger partial charge >= 0.3 is 26.2 Å². The van der Waals surface area contributed by atoms with Crippen LogP contribution in [-0.2, 0) is 35.8 Å². The molecule has 0 aliphatic heterocycles.